The van der Waals surface area contributed by atoms with E-state index in [1.165, 1.54) is 0 Å². The highest BCUT2D eigenvalue weighted by Gasteiger charge is 2.10. The first-order chi connectivity index (χ1) is 10.2. The van der Waals surface area contributed by atoms with Gasteiger partial charge in [0.25, 0.3) is 0 Å². The van der Waals surface area contributed by atoms with E-state index in [4.69, 9.17) is 0 Å². The number of Topliss-reactive ketones (excluding diaryl/α,β-unsaturated/α-hetero) is 1. The monoisotopic (exact) mass is 280 g/mol. The molecule has 0 unspecified atom stereocenters. The molecule has 0 amide bonds. The van der Waals surface area contributed by atoms with Crippen LogP contribution in [0.3, 0.4) is 0 Å². The van der Waals surface area contributed by atoms with Crippen molar-refractivity contribution in [2.75, 3.05) is 0 Å². The van der Waals surface area contributed by atoms with Gasteiger partial charge in [0.15, 0.2) is 5.78 Å². The average molecular weight is 280 g/mol. The molecule has 0 aromatic heterocycles. The van der Waals surface area contributed by atoms with Crippen LogP contribution in [0.4, 0.5) is 0 Å². The Morgan fingerprint density at radius 1 is 0.857 bits per heavy atom. The third kappa shape index (κ3) is 4.14. The smallest absolute Gasteiger partial charge is 0.335 e. The van der Waals surface area contributed by atoms with Gasteiger partial charge in [-0.2, -0.15) is 0 Å². The Kier molecular flexibility index (Phi) is 5.04. The Morgan fingerprint density at radius 2 is 1.38 bits per heavy atom. The van der Waals surface area contributed by atoms with Crippen molar-refractivity contribution in [2.45, 2.75) is 12.8 Å². The number of carboxylic acid groups (broad SMARTS) is 1. The van der Waals surface area contributed by atoms with Crippen molar-refractivity contribution in [2.24, 2.45) is 0 Å². The minimum atomic E-state index is -0.978. The van der Waals surface area contributed by atoms with Crippen molar-refractivity contribution in [3.05, 3.63) is 77.9 Å². The summed E-state index contributed by atoms with van der Waals surface area (Å²) in [6.07, 6.45) is 2.32. The highest BCUT2D eigenvalue weighted by Crippen LogP contribution is 2.16. The van der Waals surface area contributed by atoms with Crippen LogP contribution < -0.4 is 0 Å². The van der Waals surface area contributed by atoms with Crippen LogP contribution in [0.5, 0.6) is 0 Å². The van der Waals surface area contributed by atoms with E-state index in [0.717, 1.165) is 0 Å². The number of aliphatic carboxylic acids is 1. The predicted octanol–water partition coefficient (Wildman–Crippen LogP) is 3.82. The van der Waals surface area contributed by atoms with E-state index in [9.17, 15) is 14.7 Å². The van der Waals surface area contributed by atoms with Crippen LogP contribution in [0.25, 0.3) is 5.57 Å². The van der Waals surface area contributed by atoms with E-state index in [1.807, 2.05) is 24.3 Å². The molecule has 0 atom stereocenters. The Balaban J connectivity index is 2.05. The maximum atomic E-state index is 12.0. The van der Waals surface area contributed by atoms with E-state index < -0.39 is 5.97 Å². The van der Waals surface area contributed by atoms with Crippen molar-refractivity contribution in [1.29, 1.82) is 0 Å². The molecule has 2 aromatic rings. The van der Waals surface area contributed by atoms with Gasteiger partial charge in [-0.3, -0.25) is 4.79 Å². The lowest BCUT2D eigenvalue weighted by atomic mass is 10.0. The van der Waals surface area contributed by atoms with E-state index in [-0.39, 0.29) is 11.4 Å². The lowest BCUT2D eigenvalue weighted by molar-refractivity contribution is -0.130. The normalized spacial score (nSPS) is 11.1. The molecule has 2 aromatic carbocycles. The zero-order chi connectivity index (χ0) is 15.1. The van der Waals surface area contributed by atoms with Crippen molar-refractivity contribution in [3.63, 3.8) is 0 Å². The fourth-order valence-electron chi connectivity index (χ4n) is 2.06. The largest absolute Gasteiger partial charge is 0.478 e. The molecule has 0 spiro atoms. The van der Waals surface area contributed by atoms with Crippen molar-refractivity contribution in [3.8, 4) is 0 Å². The summed E-state index contributed by atoms with van der Waals surface area (Å²) in [5.74, 6) is -0.960. The van der Waals surface area contributed by atoms with Crippen LogP contribution >= 0.6 is 0 Å². The zero-order valence-corrected chi connectivity index (χ0v) is 11.5. The Labute approximate surface area is 123 Å². The Hall–Kier alpha value is -2.68. The minimum Gasteiger partial charge on any atom is -0.478 e. The number of rotatable bonds is 6. The van der Waals surface area contributed by atoms with Gasteiger partial charge < -0.3 is 5.11 Å². The van der Waals surface area contributed by atoms with Crippen molar-refractivity contribution >= 4 is 17.3 Å². The molecule has 3 heteroatoms. The summed E-state index contributed by atoms with van der Waals surface area (Å²) < 4.78 is 0. The van der Waals surface area contributed by atoms with Crippen LogP contribution in [0.15, 0.2) is 66.7 Å². The van der Waals surface area contributed by atoms with Crippen molar-refractivity contribution in [1.82, 2.24) is 0 Å². The van der Waals surface area contributed by atoms with Crippen LogP contribution in [-0.4, -0.2) is 16.9 Å². The fourth-order valence-corrected chi connectivity index (χ4v) is 2.06. The van der Waals surface area contributed by atoms with Gasteiger partial charge in [-0.05, 0) is 12.0 Å². The van der Waals surface area contributed by atoms with E-state index >= 15 is 0 Å². The van der Waals surface area contributed by atoms with E-state index in [2.05, 4.69) is 0 Å². The first-order valence-electron chi connectivity index (χ1n) is 6.75. The second kappa shape index (κ2) is 7.20. The molecule has 0 fully saturated rings. The quantitative estimate of drug-likeness (QED) is 0.646. The molecule has 2 rings (SSSR count). The maximum absolute atomic E-state index is 12.0. The van der Waals surface area contributed by atoms with Crippen LogP contribution in [0.2, 0.25) is 0 Å². The van der Waals surface area contributed by atoms with Gasteiger partial charge in [-0.25, -0.2) is 4.79 Å². The topological polar surface area (TPSA) is 54.4 Å². The first-order valence-corrected chi connectivity index (χ1v) is 6.75. The van der Waals surface area contributed by atoms with Crippen LogP contribution in [0.1, 0.15) is 28.8 Å². The lowest BCUT2D eigenvalue weighted by Gasteiger charge is -2.03. The molecule has 0 aliphatic rings. The van der Waals surface area contributed by atoms with Gasteiger partial charge in [0.1, 0.15) is 0 Å². The summed E-state index contributed by atoms with van der Waals surface area (Å²) in [5, 5.41) is 9.26. The molecule has 0 saturated heterocycles. The van der Waals surface area contributed by atoms with Gasteiger partial charge in [-0.15, -0.1) is 0 Å². The molecule has 106 valence electrons. The molecule has 0 aliphatic heterocycles. The highest BCUT2D eigenvalue weighted by molar-refractivity contribution is 6.15. The molecule has 3 nitrogen and oxygen atoms in total. The SMILES string of the molecule is O=C(O)C(=CCCC(=O)c1ccccc1)c1ccccc1. The standard InChI is InChI=1S/C18H16O3/c19-17(15-10-5-2-6-11-15)13-7-12-16(18(20)21)14-8-3-1-4-9-14/h1-6,8-12H,7,13H2,(H,20,21). The summed E-state index contributed by atoms with van der Waals surface area (Å²) in [6, 6.07) is 17.9. The molecule has 0 heterocycles. The summed E-state index contributed by atoms with van der Waals surface area (Å²) in [5.41, 5.74) is 1.54. The maximum Gasteiger partial charge on any atom is 0.335 e. The average Bonchev–Trinajstić information content (AvgIpc) is 2.52. The summed E-state index contributed by atoms with van der Waals surface area (Å²) in [6.45, 7) is 0. The second-order valence-corrected chi connectivity index (χ2v) is 4.62. The molecule has 0 aliphatic carbocycles. The van der Waals surface area contributed by atoms with Crippen LogP contribution in [-0.2, 0) is 4.79 Å². The molecular formula is C18H16O3. The summed E-state index contributed by atoms with van der Waals surface area (Å²) >= 11 is 0. The molecular weight excluding hydrogens is 264 g/mol. The summed E-state index contributed by atoms with van der Waals surface area (Å²) in [7, 11) is 0. The highest BCUT2D eigenvalue weighted by atomic mass is 16.4. The Morgan fingerprint density at radius 3 is 1.90 bits per heavy atom. The molecule has 0 radical (unpaired) electrons. The third-order valence-corrected chi connectivity index (χ3v) is 3.13. The minimum absolute atomic E-state index is 0.0182. The van der Waals surface area contributed by atoms with Crippen molar-refractivity contribution < 1.29 is 14.7 Å². The number of carbonyl (C=O) groups excluding carboxylic acids is 1. The number of carboxylic acids is 1. The molecule has 0 saturated carbocycles. The predicted molar refractivity (Wildman–Crippen MR) is 82.1 cm³/mol. The number of hydrogen-bond donors (Lipinski definition) is 1. The van der Waals surface area contributed by atoms with Gasteiger partial charge >= 0.3 is 5.97 Å². The zero-order valence-electron chi connectivity index (χ0n) is 11.5. The fraction of sp³-hybridized carbons (Fsp3) is 0.111. The Bertz CT molecular complexity index is 643. The van der Waals surface area contributed by atoms with Gasteiger partial charge in [0.05, 0.1) is 5.57 Å². The number of hydrogen-bond acceptors (Lipinski definition) is 2. The molecule has 0 bridgehead atoms. The summed E-state index contributed by atoms with van der Waals surface area (Å²) in [4.78, 5) is 23.2. The first kappa shape index (κ1) is 14.7. The lowest BCUT2D eigenvalue weighted by Crippen LogP contribution is -2.01. The van der Waals surface area contributed by atoms with Gasteiger partial charge in [0.2, 0.25) is 0 Å². The van der Waals surface area contributed by atoms with E-state index in [0.29, 0.717) is 24.0 Å². The van der Waals surface area contributed by atoms with Crippen LogP contribution in [0, 0.1) is 0 Å². The van der Waals surface area contributed by atoms with Gasteiger partial charge in [0, 0.05) is 12.0 Å². The third-order valence-electron chi connectivity index (χ3n) is 3.13. The number of allylic oxidation sites excluding steroid dienone is 1. The number of ketones is 1. The van der Waals surface area contributed by atoms with E-state index in [1.54, 1.807) is 42.5 Å². The molecule has 21 heavy (non-hydrogen) atoms. The number of benzene rings is 2. The second-order valence-electron chi connectivity index (χ2n) is 4.62. The molecule has 1 N–H and O–H groups in total. The van der Waals surface area contributed by atoms with Gasteiger partial charge in [-0.1, -0.05) is 66.7 Å². The number of carbonyl (C=O) groups is 2.